The van der Waals surface area contributed by atoms with E-state index in [1.807, 2.05) is 30.3 Å². The Bertz CT molecular complexity index is 687. The lowest BCUT2D eigenvalue weighted by Gasteiger charge is -2.22. The molecule has 3 nitrogen and oxygen atoms in total. The Morgan fingerprint density at radius 2 is 1.75 bits per heavy atom. The van der Waals surface area contributed by atoms with E-state index >= 15 is 0 Å². The van der Waals surface area contributed by atoms with E-state index in [4.69, 9.17) is 0 Å². The summed E-state index contributed by atoms with van der Waals surface area (Å²) in [5.74, 6) is -0.430. The van der Waals surface area contributed by atoms with Crippen molar-refractivity contribution in [1.82, 2.24) is 0 Å². The molecule has 1 heterocycles. The number of unbranched alkanes of at least 4 members (excludes halogenated alkanes) is 1. The average Bonchev–Trinajstić information content (AvgIpc) is 2.90. The van der Waals surface area contributed by atoms with Crippen molar-refractivity contribution in [3.05, 3.63) is 66.0 Å². The van der Waals surface area contributed by atoms with Crippen LogP contribution in [-0.4, -0.2) is 23.2 Å². The maximum atomic E-state index is 12.9. The van der Waals surface area contributed by atoms with Gasteiger partial charge in [-0.2, -0.15) is 0 Å². The quantitative estimate of drug-likeness (QED) is 0.822. The molecule has 126 valence electrons. The highest BCUT2D eigenvalue weighted by Crippen LogP contribution is 2.31. The molecule has 1 aliphatic rings. The van der Waals surface area contributed by atoms with Crippen LogP contribution in [0, 0.1) is 5.82 Å². The fraction of sp³-hybridized carbons (Fsp3) is 0.350. The monoisotopic (exact) mass is 327 g/mol. The first-order valence-electron chi connectivity index (χ1n) is 8.42. The van der Waals surface area contributed by atoms with Gasteiger partial charge in [-0.05, 0) is 55.5 Å². The second-order valence-electron chi connectivity index (χ2n) is 6.41. The number of aliphatic hydroxyl groups is 1. The standard InChI is InChI=1S/C20H22FNO2/c21-17-11-9-16(10-12-17)6-4-5-13-20(24)14-15-22(19(20)23)18-7-2-1-3-8-18/h1-3,7-12,24H,4-6,13-15H2. The summed E-state index contributed by atoms with van der Waals surface area (Å²) in [6, 6.07) is 15.9. The lowest BCUT2D eigenvalue weighted by molar-refractivity contribution is -0.133. The van der Waals surface area contributed by atoms with E-state index in [-0.39, 0.29) is 11.7 Å². The van der Waals surface area contributed by atoms with Crippen molar-refractivity contribution >= 4 is 11.6 Å². The zero-order valence-corrected chi connectivity index (χ0v) is 13.6. The van der Waals surface area contributed by atoms with Crippen LogP contribution < -0.4 is 4.90 Å². The first kappa shape index (κ1) is 16.7. The summed E-state index contributed by atoms with van der Waals surface area (Å²) in [4.78, 5) is 14.2. The molecule has 0 aliphatic carbocycles. The van der Waals surface area contributed by atoms with Gasteiger partial charge in [0.25, 0.3) is 5.91 Å². The minimum absolute atomic E-state index is 0.199. The Morgan fingerprint density at radius 3 is 2.46 bits per heavy atom. The number of halogens is 1. The normalized spacial score (nSPS) is 20.6. The molecule has 24 heavy (non-hydrogen) atoms. The number of para-hydroxylation sites is 1. The van der Waals surface area contributed by atoms with E-state index in [2.05, 4.69) is 0 Å². The molecule has 0 saturated carbocycles. The predicted molar refractivity (Wildman–Crippen MR) is 92.3 cm³/mol. The van der Waals surface area contributed by atoms with E-state index in [0.29, 0.717) is 19.4 Å². The molecule has 1 saturated heterocycles. The van der Waals surface area contributed by atoms with E-state index in [1.54, 1.807) is 17.0 Å². The second-order valence-corrected chi connectivity index (χ2v) is 6.41. The third-order valence-electron chi connectivity index (χ3n) is 4.68. The van der Waals surface area contributed by atoms with Gasteiger partial charge in [0.2, 0.25) is 0 Å². The van der Waals surface area contributed by atoms with Gasteiger partial charge >= 0.3 is 0 Å². The van der Waals surface area contributed by atoms with Gasteiger partial charge in [0.05, 0.1) is 0 Å². The summed E-state index contributed by atoms with van der Waals surface area (Å²) in [6.07, 6.45) is 3.40. The number of nitrogens with zero attached hydrogens (tertiary/aromatic N) is 1. The minimum atomic E-state index is -1.25. The Kier molecular flexibility index (Phi) is 4.95. The Balaban J connectivity index is 1.51. The summed E-state index contributed by atoms with van der Waals surface area (Å²) in [5.41, 5.74) is 0.662. The molecule has 0 spiro atoms. The molecular weight excluding hydrogens is 305 g/mol. The van der Waals surface area contributed by atoms with Crippen LogP contribution >= 0.6 is 0 Å². The maximum absolute atomic E-state index is 12.9. The van der Waals surface area contributed by atoms with E-state index < -0.39 is 5.60 Å². The molecule has 0 aromatic heterocycles. The smallest absolute Gasteiger partial charge is 0.259 e. The summed E-state index contributed by atoms with van der Waals surface area (Å²) >= 11 is 0. The fourth-order valence-corrected chi connectivity index (χ4v) is 3.24. The van der Waals surface area contributed by atoms with E-state index in [0.717, 1.165) is 30.5 Å². The maximum Gasteiger partial charge on any atom is 0.259 e. The topological polar surface area (TPSA) is 40.5 Å². The van der Waals surface area contributed by atoms with Crippen molar-refractivity contribution in [3.63, 3.8) is 0 Å². The second kappa shape index (κ2) is 7.14. The summed E-state index contributed by atoms with van der Waals surface area (Å²) in [5, 5.41) is 10.7. The van der Waals surface area contributed by atoms with Crippen LogP contribution in [-0.2, 0) is 11.2 Å². The number of benzene rings is 2. The van der Waals surface area contributed by atoms with Crippen molar-refractivity contribution in [2.24, 2.45) is 0 Å². The molecule has 1 atom stereocenters. The molecule has 1 amide bonds. The molecule has 1 unspecified atom stereocenters. The highest BCUT2D eigenvalue weighted by atomic mass is 19.1. The zero-order chi connectivity index (χ0) is 17.0. The summed E-state index contributed by atoms with van der Waals surface area (Å²) in [7, 11) is 0. The molecular formula is C20H22FNO2. The molecule has 1 aliphatic heterocycles. The van der Waals surface area contributed by atoms with Crippen LogP contribution in [0.3, 0.4) is 0 Å². The van der Waals surface area contributed by atoms with Crippen molar-refractivity contribution in [1.29, 1.82) is 0 Å². The Morgan fingerprint density at radius 1 is 1.04 bits per heavy atom. The van der Waals surface area contributed by atoms with Crippen LogP contribution in [0.4, 0.5) is 10.1 Å². The Labute approximate surface area is 141 Å². The Hall–Kier alpha value is -2.20. The number of rotatable bonds is 6. The molecule has 0 radical (unpaired) electrons. The SMILES string of the molecule is O=C1N(c2ccccc2)CCC1(O)CCCCc1ccc(F)cc1. The first-order chi connectivity index (χ1) is 11.6. The number of amides is 1. The van der Waals surface area contributed by atoms with Crippen LogP contribution in [0.15, 0.2) is 54.6 Å². The van der Waals surface area contributed by atoms with Crippen molar-refractivity contribution in [3.8, 4) is 0 Å². The van der Waals surface area contributed by atoms with E-state index in [1.165, 1.54) is 12.1 Å². The van der Waals surface area contributed by atoms with E-state index in [9.17, 15) is 14.3 Å². The average molecular weight is 327 g/mol. The number of hydrogen-bond donors (Lipinski definition) is 1. The largest absolute Gasteiger partial charge is 0.380 e. The fourth-order valence-electron chi connectivity index (χ4n) is 3.24. The molecule has 1 N–H and O–H groups in total. The minimum Gasteiger partial charge on any atom is -0.380 e. The van der Waals surface area contributed by atoms with Gasteiger partial charge in [-0.25, -0.2) is 4.39 Å². The molecule has 0 bridgehead atoms. The number of aryl methyl sites for hydroxylation is 1. The number of anilines is 1. The van der Waals surface area contributed by atoms with Gasteiger partial charge in [-0.15, -0.1) is 0 Å². The van der Waals surface area contributed by atoms with Crippen molar-refractivity contribution in [2.45, 2.75) is 37.7 Å². The van der Waals surface area contributed by atoms with Gasteiger partial charge < -0.3 is 10.0 Å². The van der Waals surface area contributed by atoms with Crippen LogP contribution in [0.1, 0.15) is 31.2 Å². The molecule has 2 aromatic rings. The van der Waals surface area contributed by atoms with Crippen molar-refractivity contribution in [2.75, 3.05) is 11.4 Å². The highest BCUT2D eigenvalue weighted by molar-refractivity contribution is 6.01. The molecule has 1 fully saturated rings. The summed E-state index contributed by atoms with van der Waals surface area (Å²) < 4.78 is 12.9. The van der Waals surface area contributed by atoms with Gasteiger partial charge in [-0.3, -0.25) is 4.79 Å². The first-order valence-corrected chi connectivity index (χ1v) is 8.42. The summed E-state index contributed by atoms with van der Waals surface area (Å²) in [6.45, 7) is 0.553. The number of carbonyl (C=O) groups excluding carboxylic acids is 1. The van der Waals surface area contributed by atoms with Gasteiger partial charge in [-0.1, -0.05) is 30.3 Å². The molecule has 4 heteroatoms. The predicted octanol–water partition coefficient (Wildman–Crippen LogP) is 3.71. The lowest BCUT2D eigenvalue weighted by atomic mass is 9.94. The molecule has 3 rings (SSSR count). The van der Waals surface area contributed by atoms with Gasteiger partial charge in [0, 0.05) is 18.7 Å². The highest BCUT2D eigenvalue weighted by Gasteiger charge is 2.44. The number of carbonyl (C=O) groups is 1. The van der Waals surface area contributed by atoms with Crippen LogP contribution in [0.25, 0.3) is 0 Å². The third-order valence-corrected chi connectivity index (χ3v) is 4.68. The zero-order valence-electron chi connectivity index (χ0n) is 13.6. The molecule has 2 aromatic carbocycles. The third kappa shape index (κ3) is 3.65. The lowest BCUT2D eigenvalue weighted by Crippen LogP contribution is -2.40. The van der Waals surface area contributed by atoms with Crippen LogP contribution in [0.5, 0.6) is 0 Å². The van der Waals surface area contributed by atoms with Gasteiger partial charge in [0.1, 0.15) is 11.4 Å². The van der Waals surface area contributed by atoms with Gasteiger partial charge in [0.15, 0.2) is 0 Å². The number of hydrogen-bond acceptors (Lipinski definition) is 2. The van der Waals surface area contributed by atoms with Crippen molar-refractivity contribution < 1.29 is 14.3 Å². The van der Waals surface area contributed by atoms with Crippen LogP contribution in [0.2, 0.25) is 0 Å².